The fraction of sp³-hybridized carbons (Fsp3) is 0.267. The number of nitrogens with zero attached hydrogens (tertiary/aromatic N) is 13. The summed E-state index contributed by atoms with van der Waals surface area (Å²) in [7, 11) is 2.76. The van der Waals surface area contributed by atoms with Crippen molar-refractivity contribution >= 4 is 212 Å². The van der Waals surface area contributed by atoms with Gasteiger partial charge in [0.05, 0.1) is 41.6 Å². The molecule has 0 aliphatic carbocycles. The molecule has 7 aromatic heterocycles. The van der Waals surface area contributed by atoms with E-state index in [-0.39, 0.29) is 34.4 Å². The monoisotopic (exact) mass is 1990 g/mol. The molecule has 0 N–H and O–H groups in total. The van der Waals surface area contributed by atoms with E-state index in [1.807, 2.05) is 82.9 Å². The number of halogens is 12. The first-order chi connectivity index (χ1) is 63.5. The highest BCUT2D eigenvalue weighted by Crippen LogP contribution is 2.40. The zero-order chi connectivity index (χ0) is 97.8. The van der Waals surface area contributed by atoms with E-state index >= 15 is 0 Å². The van der Waals surface area contributed by atoms with Crippen LogP contribution in [0, 0.1) is 65.3 Å². The van der Waals surface area contributed by atoms with E-state index in [4.69, 9.17) is 69.6 Å². The first-order valence-corrected chi connectivity index (χ1v) is 46.7. The molecule has 0 spiro atoms. The number of ketones is 1. The van der Waals surface area contributed by atoms with Gasteiger partial charge in [0, 0.05) is 171 Å². The third kappa shape index (κ3) is 28.9. The molecule has 18 nitrogen and oxygen atoms in total. The van der Waals surface area contributed by atoms with Gasteiger partial charge >= 0.3 is 11.9 Å². The largest absolute Gasteiger partial charge is 0.465 e. The first-order valence-electron chi connectivity index (χ1n) is 41.8. The molecule has 9 aromatic rings. The number of hydrogen-bond donors (Lipinski definition) is 0. The molecule has 18 rings (SSSR count). The van der Waals surface area contributed by atoms with Crippen LogP contribution in [0.3, 0.4) is 0 Å². The van der Waals surface area contributed by atoms with E-state index in [0.29, 0.717) is 123 Å². The number of methoxy groups -OCH3 is 2. The van der Waals surface area contributed by atoms with Gasteiger partial charge in [0.1, 0.15) is 40.7 Å². The number of aromatic nitrogens is 4. The van der Waals surface area contributed by atoms with Crippen molar-refractivity contribution in [2.24, 2.45) is 44.9 Å². The number of carbonyl (C=O) groups excluding carboxylic acids is 3. The lowest BCUT2D eigenvalue weighted by atomic mass is 10.0. The molecule has 0 bridgehead atoms. The molecular weight excluding hydrogens is 1900 g/mol. The SMILES string of the molecule is CC(=O)c1cc(C2=C(Cl)N=C(C)C2)cs1.CC1=C(Cl)N=C(c2ccc(C)nc2F)C1.CC1=C(F)N=C(c2ccc(C)nc2F)C1.CC1=NC(Cl)=C(c2ccc(C)cc2)C1.CC1=NC(Cl)=C(c2ccc(C)cc2)C1.CC1=NC(Cl)=C(c2ccc(C)nc2F)C1.CC1=NC(F)=C(c2ccc(C)nc2F)C1.COC(=O)c1cc(C2=C(Cl)N=C(C)C2)cs1.COC(=O)c1cc(C2=CN=C(C)C2)cs1. The Balaban J connectivity index is 0.000000156. The third-order valence-electron chi connectivity index (χ3n) is 20.8. The Kier molecular flexibility index (Phi) is 37.8. The van der Waals surface area contributed by atoms with Gasteiger partial charge in [-0.05, 0) is 238 Å². The van der Waals surface area contributed by atoms with E-state index in [9.17, 15) is 40.7 Å². The lowest BCUT2D eigenvalue weighted by Gasteiger charge is -2.04. The highest BCUT2D eigenvalue weighted by atomic mass is 35.5. The van der Waals surface area contributed by atoms with Gasteiger partial charge in [-0.3, -0.25) is 9.79 Å². The molecule has 134 heavy (non-hydrogen) atoms. The van der Waals surface area contributed by atoms with Gasteiger partial charge in [-0.15, -0.1) is 34.0 Å². The van der Waals surface area contributed by atoms with Crippen LogP contribution in [-0.2, 0) is 9.47 Å². The summed E-state index contributed by atoms with van der Waals surface area (Å²) in [5.74, 6) is -3.78. The van der Waals surface area contributed by atoms with Crippen LogP contribution in [0.1, 0.15) is 240 Å². The van der Waals surface area contributed by atoms with Crippen molar-refractivity contribution in [2.75, 3.05) is 14.2 Å². The van der Waals surface area contributed by atoms with E-state index in [1.54, 1.807) is 103 Å². The maximum atomic E-state index is 13.5. The Hall–Kier alpha value is -11.2. The molecule has 16 heterocycles. The normalized spacial score (nSPS) is 15.7. The Bertz CT molecular complexity index is 6450. The minimum atomic E-state index is -0.634. The molecule has 0 unspecified atom stereocenters. The van der Waals surface area contributed by atoms with E-state index < -0.39 is 35.7 Å². The Labute approximate surface area is 817 Å². The number of benzene rings is 2. The standard InChI is InChI=1S/2C12H12ClN.2C11H10ClFN2.C11H10ClNO2S.C11H10ClNOS.2C11H10F2N2.C11H11NO2S/c2*1-8-3-5-10(6-4-8)11-7-9(2)14-12(11)13;1-6-5-9(15-10(6)12)8-4-3-7(2)14-11(8)13;1-6-3-4-8(11(13)15-6)9-5-7(2)14-10(9)12;1-6-3-8(10(12)13-6)7-4-9(16-5-7)11(14)15-2;1-6-3-9(11(12)13-6)8-4-10(7(2)14)15-5-8;1-6-5-9(15-10(6)12)8-4-3-7(2)14-11(8)13;1-6-3-4-8(10(12)14-6)9-5-7(2)15-11(9)13;1-7-3-8(5-12-7)9-4-10(15-6-9)11(13)14-2/h2*3-6H,7H2,1-2H3;2*3-4H,5H2,1-2H3;4-5H,3H2,1-2H3;4-5H,3H2,1-2H3;2*3-4H,5H2,1-2H3;4-6H,3H2,1-2H3. The Morgan fingerprint density at radius 1 is 0.313 bits per heavy atom. The zero-order valence-electron chi connectivity index (χ0n) is 76.8. The molecular formula is C101H95Cl6F6N13O5S3. The molecule has 0 fully saturated rings. The number of allylic oxidation sites excluding steroid dienone is 9. The fourth-order valence-electron chi connectivity index (χ4n) is 13.7. The lowest BCUT2D eigenvalue weighted by molar-refractivity contribution is 0.0597. The summed E-state index contributed by atoms with van der Waals surface area (Å²) in [6.45, 7) is 29.6. The van der Waals surface area contributed by atoms with Gasteiger partial charge < -0.3 is 9.47 Å². The highest BCUT2D eigenvalue weighted by Gasteiger charge is 2.27. The number of esters is 2. The topological polar surface area (TPSA) is 232 Å². The number of aliphatic imine (C=N–C) groups is 9. The van der Waals surface area contributed by atoms with Crippen LogP contribution in [0.2, 0.25) is 0 Å². The third-order valence-corrected chi connectivity index (χ3v) is 25.6. The van der Waals surface area contributed by atoms with Crippen LogP contribution in [0.25, 0.3) is 39.0 Å². The fourth-order valence-corrected chi connectivity index (χ4v) is 18.0. The summed E-state index contributed by atoms with van der Waals surface area (Å²) in [6.07, 6.45) is 7.92. The summed E-state index contributed by atoms with van der Waals surface area (Å²) in [5, 5.41) is 9.03. The molecule has 0 amide bonds. The van der Waals surface area contributed by atoms with Crippen molar-refractivity contribution in [1.82, 2.24) is 19.9 Å². The van der Waals surface area contributed by atoms with Gasteiger partial charge in [0.15, 0.2) is 5.78 Å². The van der Waals surface area contributed by atoms with E-state index in [0.717, 1.165) is 121 Å². The average molecular weight is 1990 g/mol. The molecule has 9 aliphatic heterocycles. The number of Topliss-reactive ketones (excluding diaryl/α,β-unsaturated/α-hetero) is 1. The van der Waals surface area contributed by atoms with Crippen LogP contribution in [0.4, 0.5) is 26.3 Å². The van der Waals surface area contributed by atoms with Crippen LogP contribution < -0.4 is 0 Å². The first kappa shape index (κ1) is 105. The molecule has 33 heteroatoms. The highest BCUT2D eigenvalue weighted by molar-refractivity contribution is 7.13. The molecule has 0 atom stereocenters. The molecule has 9 aliphatic rings. The number of thiophene rings is 3. The molecule has 0 saturated heterocycles. The summed E-state index contributed by atoms with van der Waals surface area (Å²) in [5.41, 5.74) is 27.7. The minimum absolute atomic E-state index is 0.0959. The zero-order valence-corrected chi connectivity index (χ0v) is 83.7. The second-order valence-corrected chi connectivity index (χ2v) is 37.0. The number of carbonyl (C=O) groups is 3. The maximum absolute atomic E-state index is 13.5. The van der Waals surface area contributed by atoms with E-state index in [2.05, 4.69) is 137 Å². The minimum Gasteiger partial charge on any atom is -0.465 e. The van der Waals surface area contributed by atoms with Crippen molar-refractivity contribution in [1.29, 1.82) is 0 Å². The van der Waals surface area contributed by atoms with Crippen molar-refractivity contribution in [3.8, 4) is 0 Å². The van der Waals surface area contributed by atoms with Crippen LogP contribution in [-0.4, -0.2) is 103 Å². The van der Waals surface area contributed by atoms with Gasteiger partial charge in [-0.25, -0.2) is 69.5 Å². The number of aryl methyl sites for hydroxylation is 6. The number of hydrogen-bond acceptors (Lipinski definition) is 21. The average Bonchev–Trinajstić information content (AvgIpc) is 1.63. The number of pyridine rings is 4. The maximum Gasteiger partial charge on any atom is 0.348 e. The van der Waals surface area contributed by atoms with E-state index in [1.165, 1.54) is 76.1 Å². The van der Waals surface area contributed by atoms with Crippen LogP contribution in [0.15, 0.2) is 237 Å². The molecule has 2 aromatic carbocycles. The van der Waals surface area contributed by atoms with Crippen molar-refractivity contribution in [3.05, 3.63) is 314 Å². The summed E-state index contributed by atoms with van der Waals surface area (Å²) < 4.78 is 89.5. The number of ether oxygens (including phenoxy) is 2. The van der Waals surface area contributed by atoms with Crippen LogP contribution >= 0.6 is 104 Å². The second kappa shape index (κ2) is 48.3. The predicted octanol–water partition coefficient (Wildman–Crippen LogP) is 29.8. The van der Waals surface area contributed by atoms with Gasteiger partial charge in [-0.2, -0.15) is 26.3 Å². The Morgan fingerprint density at radius 2 is 0.634 bits per heavy atom. The smallest absolute Gasteiger partial charge is 0.348 e. The summed E-state index contributed by atoms with van der Waals surface area (Å²) in [6, 6.07) is 35.7. The lowest BCUT2D eigenvalue weighted by Crippen LogP contribution is -2.04. The summed E-state index contributed by atoms with van der Waals surface area (Å²) >= 11 is 40.1. The molecule has 0 radical (unpaired) electrons. The quantitative estimate of drug-likeness (QED) is 0.0371. The molecule has 0 saturated carbocycles. The van der Waals surface area contributed by atoms with Crippen LogP contribution in [0.5, 0.6) is 0 Å². The predicted molar refractivity (Wildman–Crippen MR) is 542 cm³/mol. The van der Waals surface area contributed by atoms with Crippen molar-refractivity contribution in [2.45, 2.75) is 169 Å². The van der Waals surface area contributed by atoms with Crippen molar-refractivity contribution in [3.63, 3.8) is 0 Å². The summed E-state index contributed by atoms with van der Waals surface area (Å²) in [4.78, 5) is 87.1. The van der Waals surface area contributed by atoms with Gasteiger partial charge in [0.25, 0.3) is 0 Å². The number of rotatable bonds is 12. The van der Waals surface area contributed by atoms with Gasteiger partial charge in [-0.1, -0.05) is 129 Å². The van der Waals surface area contributed by atoms with Crippen molar-refractivity contribution < 1.29 is 50.2 Å². The second-order valence-electron chi connectivity index (χ2n) is 32.1. The molecule has 696 valence electrons. The Morgan fingerprint density at radius 3 is 0.940 bits per heavy atom. The van der Waals surface area contributed by atoms with Gasteiger partial charge in [0.2, 0.25) is 35.7 Å².